The molecule has 1 fully saturated rings. The maximum atomic E-state index is 14.4. The summed E-state index contributed by atoms with van der Waals surface area (Å²) in [5.41, 5.74) is 3.80. The van der Waals surface area contributed by atoms with E-state index in [0.717, 1.165) is 23.2 Å². The molecule has 0 aromatic heterocycles. The summed E-state index contributed by atoms with van der Waals surface area (Å²) in [4.78, 5) is 29.9. The van der Waals surface area contributed by atoms with Gasteiger partial charge in [0.1, 0.15) is 5.82 Å². The minimum Gasteiger partial charge on any atom is -0.303 e. The maximum absolute atomic E-state index is 14.4. The Morgan fingerprint density at radius 2 is 1.50 bits per heavy atom. The molecule has 3 aromatic rings. The molecule has 0 N–H and O–H groups in total. The monoisotopic (exact) mass is 472 g/mol. The van der Waals surface area contributed by atoms with Crippen LogP contribution in [0.15, 0.2) is 72.8 Å². The van der Waals surface area contributed by atoms with Gasteiger partial charge in [-0.1, -0.05) is 55.5 Å². The number of thioether (sulfide) groups is 1. The molecule has 6 heteroatoms. The minimum absolute atomic E-state index is 0.102. The second kappa shape index (κ2) is 6.95. The van der Waals surface area contributed by atoms with Crippen molar-refractivity contribution < 1.29 is 14.0 Å². The van der Waals surface area contributed by atoms with Gasteiger partial charge in [-0.2, -0.15) is 0 Å². The van der Waals surface area contributed by atoms with E-state index in [4.69, 9.17) is 0 Å². The molecule has 1 spiro atoms. The van der Waals surface area contributed by atoms with E-state index in [0.29, 0.717) is 5.69 Å². The molecule has 4 nitrogen and oxygen atoms in total. The molecule has 0 unspecified atom stereocenters. The molecule has 34 heavy (non-hydrogen) atoms. The molecule has 3 aliphatic rings. The van der Waals surface area contributed by atoms with Crippen LogP contribution in [0.4, 0.5) is 15.8 Å². The number of rotatable bonds is 2. The SMILES string of the molecule is CC1(C)C[C@@](C)(c2ccccc2)c2cccc3c2N1C(=O)[C@@]31SCC(=O)N1c1ccc(F)cc1. The second-order valence-corrected chi connectivity index (χ2v) is 11.3. The van der Waals surface area contributed by atoms with Gasteiger partial charge in [-0.15, -0.1) is 11.8 Å². The molecule has 2 atom stereocenters. The number of amides is 2. The van der Waals surface area contributed by atoms with Crippen LogP contribution in [-0.2, 0) is 19.9 Å². The molecular weight excluding hydrogens is 447 g/mol. The van der Waals surface area contributed by atoms with Gasteiger partial charge >= 0.3 is 0 Å². The summed E-state index contributed by atoms with van der Waals surface area (Å²) in [6.45, 7) is 6.46. The number of anilines is 2. The number of fused-ring (bicyclic) bond motifs is 1. The second-order valence-electron chi connectivity index (χ2n) is 10.2. The number of hydrogen-bond donors (Lipinski definition) is 0. The number of benzene rings is 3. The molecule has 6 rings (SSSR count). The average molecular weight is 473 g/mol. The lowest BCUT2D eigenvalue weighted by atomic mass is 9.65. The Morgan fingerprint density at radius 1 is 0.824 bits per heavy atom. The van der Waals surface area contributed by atoms with Crippen molar-refractivity contribution in [2.24, 2.45) is 0 Å². The van der Waals surface area contributed by atoms with E-state index in [1.165, 1.54) is 29.5 Å². The van der Waals surface area contributed by atoms with Gasteiger partial charge < -0.3 is 4.90 Å². The van der Waals surface area contributed by atoms with E-state index in [1.807, 2.05) is 23.1 Å². The van der Waals surface area contributed by atoms with E-state index in [9.17, 15) is 14.0 Å². The molecule has 172 valence electrons. The molecule has 1 saturated heterocycles. The summed E-state index contributed by atoms with van der Waals surface area (Å²) in [5.74, 6) is -0.435. The van der Waals surface area contributed by atoms with Crippen LogP contribution in [0.5, 0.6) is 0 Å². The van der Waals surface area contributed by atoms with Crippen LogP contribution in [0.2, 0.25) is 0 Å². The Hall–Kier alpha value is -3.12. The normalized spacial score (nSPS) is 26.9. The topological polar surface area (TPSA) is 40.6 Å². The maximum Gasteiger partial charge on any atom is 0.269 e. The van der Waals surface area contributed by atoms with E-state index in [-0.39, 0.29) is 28.8 Å². The Bertz CT molecular complexity index is 1340. The molecular formula is C28H25FN2O2S. The first-order valence-electron chi connectivity index (χ1n) is 11.5. The third-order valence-corrected chi connectivity index (χ3v) is 8.95. The number of carbonyl (C=O) groups is 2. The minimum atomic E-state index is -1.19. The third-order valence-electron chi connectivity index (χ3n) is 7.57. The van der Waals surface area contributed by atoms with Crippen molar-refractivity contribution in [1.82, 2.24) is 0 Å². The highest BCUT2D eigenvalue weighted by molar-refractivity contribution is 8.02. The van der Waals surface area contributed by atoms with Crippen LogP contribution in [0, 0.1) is 5.82 Å². The van der Waals surface area contributed by atoms with Crippen molar-refractivity contribution in [3.8, 4) is 0 Å². The van der Waals surface area contributed by atoms with E-state index < -0.39 is 10.4 Å². The van der Waals surface area contributed by atoms with Crippen LogP contribution in [0.3, 0.4) is 0 Å². The van der Waals surface area contributed by atoms with Gasteiger partial charge in [0.15, 0.2) is 0 Å². The van der Waals surface area contributed by atoms with Crippen molar-refractivity contribution in [3.63, 3.8) is 0 Å². The zero-order valence-electron chi connectivity index (χ0n) is 19.3. The fraction of sp³-hybridized carbons (Fsp3) is 0.286. The van der Waals surface area contributed by atoms with Crippen molar-refractivity contribution in [2.75, 3.05) is 15.6 Å². The fourth-order valence-corrected chi connectivity index (χ4v) is 7.63. The number of carbonyl (C=O) groups excluding carboxylic acids is 2. The lowest BCUT2D eigenvalue weighted by Gasteiger charge is -2.50. The first-order valence-corrected chi connectivity index (χ1v) is 12.5. The van der Waals surface area contributed by atoms with Crippen LogP contribution < -0.4 is 9.80 Å². The Balaban J connectivity index is 1.63. The lowest BCUT2D eigenvalue weighted by Crippen LogP contribution is -2.58. The van der Waals surface area contributed by atoms with Gasteiger partial charge in [-0.3, -0.25) is 14.5 Å². The van der Waals surface area contributed by atoms with Crippen LogP contribution >= 0.6 is 11.8 Å². The summed E-state index contributed by atoms with van der Waals surface area (Å²) in [6, 6.07) is 22.3. The van der Waals surface area contributed by atoms with Crippen LogP contribution in [-0.4, -0.2) is 23.1 Å². The van der Waals surface area contributed by atoms with Crippen LogP contribution in [0.25, 0.3) is 0 Å². The number of nitrogens with zero attached hydrogens (tertiary/aromatic N) is 2. The van der Waals surface area contributed by atoms with Gasteiger partial charge in [-0.05, 0) is 55.7 Å². The molecule has 3 aromatic carbocycles. The number of hydrogen-bond acceptors (Lipinski definition) is 3. The lowest BCUT2D eigenvalue weighted by molar-refractivity contribution is -0.124. The summed E-state index contributed by atoms with van der Waals surface area (Å²) in [6.07, 6.45) is 0.747. The molecule has 2 amide bonds. The quantitative estimate of drug-likeness (QED) is 0.488. The summed E-state index contributed by atoms with van der Waals surface area (Å²) in [7, 11) is 0. The molecule has 0 bridgehead atoms. The standard InChI is InChI=1S/C28H25FN2O2S/c1-26(2)17-27(3,18-8-5-4-6-9-18)21-10-7-11-22-24(21)31(26)25(33)28(22)30(23(32)16-34-28)20-14-12-19(29)13-15-20/h4-15H,16-17H2,1-3H3/t27-,28-/m0/s1. The summed E-state index contributed by atoms with van der Waals surface area (Å²) < 4.78 is 13.7. The van der Waals surface area contributed by atoms with E-state index >= 15 is 0 Å². The zero-order valence-corrected chi connectivity index (χ0v) is 20.2. The summed E-state index contributed by atoms with van der Waals surface area (Å²) >= 11 is 1.36. The molecule has 0 saturated carbocycles. The largest absolute Gasteiger partial charge is 0.303 e. The van der Waals surface area contributed by atoms with Crippen molar-refractivity contribution in [2.45, 2.75) is 43.0 Å². The highest BCUT2D eigenvalue weighted by Crippen LogP contribution is 2.62. The third kappa shape index (κ3) is 2.60. The van der Waals surface area contributed by atoms with E-state index in [2.05, 4.69) is 51.1 Å². The Labute approximate surface area is 202 Å². The van der Waals surface area contributed by atoms with Crippen molar-refractivity contribution >= 4 is 35.0 Å². The van der Waals surface area contributed by atoms with Gasteiger partial charge in [0.2, 0.25) is 10.8 Å². The van der Waals surface area contributed by atoms with Crippen LogP contribution in [0.1, 0.15) is 43.9 Å². The molecule has 0 aliphatic carbocycles. The predicted molar refractivity (Wildman–Crippen MR) is 134 cm³/mol. The van der Waals surface area contributed by atoms with Crippen molar-refractivity contribution in [3.05, 3.63) is 95.3 Å². The van der Waals surface area contributed by atoms with Gasteiger partial charge in [-0.25, -0.2) is 4.39 Å². The van der Waals surface area contributed by atoms with Gasteiger partial charge in [0.25, 0.3) is 5.91 Å². The van der Waals surface area contributed by atoms with Gasteiger partial charge in [0.05, 0.1) is 11.4 Å². The zero-order chi connectivity index (χ0) is 23.9. The van der Waals surface area contributed by atoms with Crippen molar-refractivity contribution in [1.29, 1.82) is 0 Å². The first-order chi connectivity index (χ1) is 16.2. The average Bonchev–Trinajstić information content (AvgIpc) is 3.29. The first kappa shape index (κ1) is 21.4. The highest BCUT2D eigenvalue weighted by Gasteiger charge is 2.65. The Kier molecular flexibility index (Phi) is 4.38. The molecule has 3 aliphatic heterocycles. The highest BCUT2D eigenvalue weighted by atomic mass is 32.2. The number of halogens is 1. The smallest absolute Gasteiger partial charge is 0.269 e. The molecule has 0 radical (unpaired) electrons. The number of para-hydroxylation sites is 1. The molecule has 3 heterocycles. The predicted octanol–water partition coefficient (Wildman–Crippen LogP) is 5.59. The van der Waals surface area contributed by atoms with Gasteiger partial charge in [0, 0.05) is 22.2 Å². The Morgan fingerprint density at radius 3 is 2.21 bits per heavy atom. The van der Waals surface area contributed by atoms with E-state index in [1.54, 1.807) is 17.0 Å². The summed E-state index contributed by atoms with van der Waals surface area (Å²) in [5, 5.41) is 0. The fourth-order valence-electron chi connectivity index (χ4n) is 6.29.